The minimum Gasteiger partial charge on any atom is -0.462 e. The van der Waals surface area contributed by atoms with Crippen LogP contribution in [0.15, 0.2) is 35.9 Å². The average molecular weight is 644 g/mol. The molecule has 0 radical (unpaired) electrons. The van der Waals surface area contributed by atoms with Gasteiger partial charge >= 0.3 is 5.97 Å². The topological polar surface area (TPSA) is 65.1 Å². The molecule has 0 aromatic heterocycles. The molecule has 8 rings (SSSR count). The predicted molar refractivity (Wildman–Crippen MR) is 181 cm³/mol. The van der Waals surface area contributed by atoms with Crippen molar-refractivity contribution < 1.29 is 23.8 Å². The third-order valence-corrected chi connectivity index (χ3v) is 14.9. The van der Waals surface area contributed by atoms with Crippen LogP contribution in [0, 0.1) is 46.3 Å². The van der Waals surface area contributed by atoms with Crippen LogP contribution in [-0.2, 0) is 36.8 Å². The molecule has 7 aliphatic rings. The van der Waals surface area contributed by atoms with E-state index >= 15 is 0 Å². The fourth-order valence-electron chi connectivity index (χ4n) is 12.2. The number of esters is 1. The number of hydrogen-bond acceptors (Lipinski definition) is 5. The number of rotatable bonds is 5. The van der Waals surface area contributed by atoms with Gasteiger partial charge in [0.25, 0.3) is 0 Å². The largest absolute Gasteiger partial charge is 0.462 e. The summed E-state index contributed by atoms with van der Waals surface area (Å²) in [6, 6.07) is 8.38. The third-order valence-electron chi connectivity index (χ3n) is 14.9. The molecule has 0 unspecified atom stereocenters. The van der Waals surface area contributed by atoms with Crippen LogP contribution < -0.4 is 0 Å². The molecule has 0 bridgehead atoms. The summed E-state index contributed by atoms with van der Waals surface area (Å²) in [6.07, 6.45) is 15.2. The van der Waals surface area contributed by atoms with Crippen molar-refractivity contribution in [3.8, 4) is 0 Å². The van der Waals surface area contributed by atoms with Gasteiger partial charge in [-0.05, 0) is 109 Å². The second kappa shape index (κ2) is 12.0. The van der Waals surface area contributed by atoms with E-state index in [2.05, 4.69) is 52.0 Å². The molecule has 3 heterocycles. The molecule has 3 aliphatic heterocycles. The van der Waals surface area contributed by atoms with Gasteiger partial charge in [0.15, 0.2) is 5.79 Å². The maximum Gasteiger partial charge on any atom is 0.306 e. The number of carbonyl (C=O) groups excluding carboxylic acids is 2. The number of nitrogens with zero attached hydrogens (tertiary/aromatic N) is 1. The van der Waals surface area contributed by atoms with Crippen molar-refractivity contribution >= 4 is 11.9 Å². The highest BCUT2D eigenvalue weighted by atomic mass is 16.7. The van der Waals surface area contributed by atoms with Gasteiger partial charge < -0.3 is 19.1 Å². The minimum atomic E-state index is -0.343. The number of allylic oxidation sites excluding steroid dienone is 1. The van der Waals surface area contributed by atoms with Crippen LogP contribution >= 0.6 is 0 Å². The predicted octanol–water partition coefficient (Wildman–Crippen LogP) is 8.02. The van der Waals surface area contributed by atoms with E-state index in [1.807, 2.05) is 11.0 Å². The van der Waals surface area contributed by atoms with Gasteiger partial charge in [0, 0.05) is 44.7 Å². The van der Waals surface area contributed by atoms with E-state index in [0.717, 1.165) is 57.6 Å². The molecule has 0 N–H and O–H groups in total. The van der Waals surface area contributed by atoms with Gasteiger partial charge in [0.05, 0.1) is 12.7 Å². The Bertz CT molecular complexity index is 1410. The first-order valence-electron chi connectivity index (χ1n) is 19.1. The Labute approximate surface area is 282 Å². The average Bonchev–Trinajstić information content (AvgIpc) is 3.51. The van der Waals surface area contributed by atoms with Crippen LogP contribution in [0.1, 0.15) is 116 Å². The monoisotopic (exact) mass is 643 g/mol. The molecule has 6 heteroatoms. The first-order chi connectivity index (χ1) is 22.6. The molecule has 5 fully saturated rings. The van der Waals surface area contributed by atoms with Gasteiger partial charge in [-0.25, -0.2) is 0 Å². The molecule has 47 heavy (non-hydrogen) atoms. The van der Waals surface area contributed by atoms with Crippen molar-refractivity contribution in [2.75, 3.05) is 13.2 Å². The molecule has 1 aromatic rings. The van der Waals surface area contributed by atoms with E-state index in [0.29, 0.717) is 66.9 Å². The van der Waals surface area contributed by atoms with Gasteiger partial charge in [0.2, 0.25) is 5.91 Å². The van der Waals surface area contributed by atoms with Crippen molar-refractivity contribution in [1.29, 1.82) is 0 Å². The molecular weight excluding hydrogens is 586 g/mol. The van der Waals surface area contributed by atoms with Crippen LogP contribution in [0.2, 0.25) is 0 Å². The van der Waals surface area contributed by atoms with Crippen LogP contribution in [0.3, 0.4) is 0 Å². The Morgan fingerprint density at radius 3 is 2.64 bits per heavy atom. The van der Waals surface area contributed by atoms with Gasteiger partial charge in [-0.15, -0.1) is 0 Å². The van der Waals surface area contributed by atoms with E-state index in [9.17, 15) is 9.59 Å². The minimum absolute atomic E-state index is 0.0315. The maximum atomic E-state index is 12.9. The van der Waals surface area contributed by atoms with Crippen LogP contribution in [0.25, 0.3) is 0 Å². The quantitative estimate of drug-likeness (QED) is 0.240. The third kappa shape index (κ3) is 5.34. The van der Waals surface area contributed by atoms with E-state index < -0.39 is 0 Å². The zero-order chi connectivity index (χ0) is 32.6. The molecule has 1 amide bonds. The van der Waals surface area contributed by atoms with Crippen molar-refractivity contribution in [3.63, 3.8) is 0 Å². The molecule has 3 saturated carbocycles. The summed E-state index contributed by atoms with van der Waals surface area (Å²) in [5.74, 6) is 3.50. The number of fused-ring (bicyclic) bond motifs is 8. The molecule has 2 saturated heterocycles. The number of benzene rings is 1. The van der Waals surface area contributed by atoms with E-state index in [4.69, 9.17) is 14.2 Å². The summed E-state index contributed by atoms with van der Waals surface area (Å²) in [5, 5.41) is 0. The summed E-state index contributed by atoms with van der Waals surface area (Å²) in [4.78, 5) is 27.8. The van der Waals surface area contributed by atoms with E-state index in [1.165, 1.54) is 36.8 Å². The highest BCUT2D eigenvalue weighted by Gasteiger charge is 2.68. The first-order valence-corrected chi connectivity index (χ1v) is 19.1. The highest BCUT2D eigenvalue weighted by Crippen LogP contribution is 2.70. The van der Waals surface area contributed by atoms with Crippen molar-refractivity contribution in [3.05, 3.63) is 47.0 Å². The number of ether oxygens (including phenoxy) is 3. The fraction of sp³-hybridized carbons (Fsp3) is 0.756. The summed E-state index contributed by atoms with van der Waals surface area (Å²) < 4.78 is 19.6. The summed E-state index contributed by atoms with van der Waals surface area (Å²) in [5.41, 5.74) is 4.67. The maximum absolute atomic E-state index is 12.9. The van der Waals surface area contributed by atoms with Crippen LogP contribution in [0.5, 0.6) is 0 Å². The Kier molecular flexibility index (Phi) is 8.18. The second-order valence-electron chi connectivity index (χ2n) is 17.3. The van der Waals surface area contributed by atoms with Gasteiger partial charge in [-0.3, -0.25) is 9.59 Å². The lowest BCUT2D eigenvalue weighted by Crippen LogP contribution is -2.52. The Morgan fingerprint density at radius 1 is 1.00 bits per heavy atom. The van der Waals surface area contributed by atoms with Gasteiger partial charge in [-0.2, -0.15) is 0 Å². The van der Waals surface area contributed by atoms with Crippen LogP contribution in [-0.4, -0.2) is 47.9 Å². The van der Waals surface area contributed by atoms with Gasteiger partial charge in [-0.1, -0.05) is 63.6 Å². The zero-order valence-corrected chi connectivity index (χ0v) is 29.3. The summed E-state index contributed by atoms with van der Waals surface area (Å²) in [7, 11) is 0. The lowest BCUT2D eigenvalue weighted by atomic mass is 9.47. The number of hydrogen-bond donors (Lipinski definition) is 0. The summed E-state index contributed by atoms with van der Waals surface area (Å²) in [6.45, 7) is 12.2. The normalized spacial score (nSPS) is 43.7. The Morgan fingerprint density at radius 2 is 1.83 bits per heavy atom. The first kappa shape index (κ1) is 32.0. The Hall–Kier alpha value is -2.18. The molecule has 11 atom stereocenters. The highest BCUT2D eigenvalue weighted by molar-refractivity contribution is 5.77. The fourth-order valence-corrected chi connectivity index (χ4v) is 12.2. The molecular formula is C41H57NO5. The molecule has 1 spiro atoms. The van der Waals surface area contributed by atoms with Crippen molar-refractivity contribution in [2.24, 2.45) is 46.3 Å². The van der Waals surface area contributed by atoms with Gasteiger partial charge in [0.1, 0.15) is 6.10 Å². The lowest BCUT2D eigenvalue weighted by Gasteiger charge is -2.58. The van der Waals surface area contributed by atoms with Crippen molar-refractivity contribution in [2.45, 2.75) is 136 Å². The van der Waals surface area contributed by atoms with E-state index in [-0.39, 0.29) is 29.2 Å². The number of carbonyl (C=O) groups is 2. The summed E-state index contributed by atoms with van der Waals surface area (Å²) >= 11 is 0. The standard InChI is InChI=1S/C41H57NO5/c1-26-14-20-41(45-25-26)27(2)38-35(47-41)23-34-32-13-12-30-22-31(15-18-39(30,3)33(32)16-19-40(34,38)4)46-37(44)11-7-10-36(43)42-21-17-28-8-5-6-9-29(28)24-42/h5-6,8-9,12,26-27,31-35,38H,7,10-11,13-25H2,1-4H3/t26-,27+,31+,32-,33+,34+,35+,38+,39+,40+,41-/m1/s1. The van der Waals surface area contributed by atoms with E-state index in [1.54, 1.807) is 5.57 Å². The van der Waals surface area contributed by atoms with Crippen molar-refractivity contribution in [1.82, 2.24) is 4.90 Å². The second-order valence-corrected chi connectivity index (χ2v) is 17.3. The SMILES string of the molecule is C[C@@H]1CC[C@@]2(OC1)O[C@H]1C[C@H]3[C@@H]4CC=C5C[C@@H](OC(=O)CCCC(=O)N6CCc7ccccc7C6)CC[C@]5(C)[C@H]4CC[C@]3(C)[C@H]1[C@@H]2C. The molecule has 256 valence electrons. The number of amides is 1. The lowest BCUT2D eigenvalue weighted by molar-refractivity contribution is -0.272. The van der Waals surface area contributed by atoms with Crippen LogP contribution in [0.4, 0.5) is 0 Å². The molecule has 4 aliphatic carbocycles. The molecule has 1 aromatic carbocycles. The Balaban J connectivity index is 0.851. The molecule has 6 nitrogen and oxygen atoms in total. The zero-order valence-electron chi connectivity index (χ0n) is 29.3. The smallest absolute Gasteiger partial charge is 0.306 e.